The molecular weight excluding hydrogens is 515 g/mol. The van der Waals surface area contributed by atoms with E-state index in [0.717, 1.165) is 11.6 Å². The van der Waals surface area contributed by atoms with Crippen LogP contribution in [0.4, 0.5) is 39.5 Å². The van der Waals surface area contributed by atoms with Gasteiger partial charge in [-0.2, -0.15) is 39.5 Å². The van der Waals surface area contributed by atoms with E-state index < -0.39 is 41.0 Å². The zero-order valence-corrected chi connectivity index (χ0v) is 19.4. The highest BCUT2D eigenvalue weighted by atomic mass is 19.4. The first kappa shape index (κ1) is 27.8. The molecule has 0 aliphatic heterocycles. The average Bonchev–Trinajstić information content (AvgIpc) is 3.38. The molecule has 0 saturated heterocycles. The number of halogens is 9. The van der Waals surface area contributed by atoms with Crippen molar-refractivity contribution in [3.63, 3.8) is 0 Å². The molecule has 37 heavy (non-hydrogen) atoms. The molecule has 198 valence electrons. The van der Waals surface area contributed by atoms with Crippen LogP contribution in [-0.4, -0.2) is 19.9 Å². The average molecular weight is 534 g/mol. The molecule has 4 nitrogen and oxygen atoms in total. The summed E-state index contributed by atoms with van der Waals surface area (Å²) in [5.41, 5.74) is -2.12. The van der Waals surface area contributed by atoms with Crippen molar-refractivity contribution >= 4 is 0 Å². The van der Waals surface area contributed by atoms with E-state index in [1.165, 1.54) is 24.5 Å². The maximum absolute atomic E-state index is 12.8. The first-order chi connectivity index (χ1) is 17.0. The predicted molar refractivity (Wildman–Crippen MR) is 117 cm³/mol. The summed E-state index contributed by atoms with van der Waals surface area (Å²) in [5.74, 6) is 0. The Morgan fingerprint density at radius 2 is 1.00 bits per heavy atom. The summed E-state index contributed by atoms with van der Waals surface area (Å²) < 4.78 is 114. The van der Waals surface area contributed by atoms with Crippen LogP contribution < -0.4 is 0 Å². The van der Waals surface area contributed by atoms with Crippen molar-refractivity contribution in [3.8, 4) is 22.8 Å². The fraction of sp³-hybridized carbons (Fsp3) is 0.250. The van der Waals surface area contributed by atoms with E-state index in [1.54, 1.807) is 31.0 Å². The van der Waals surface area contributed by atoms with Gasteiger partial charge in [-0.25, -0.2) is 0 Å². The van der Waals surface area contributed by atoms with Gasteiger partial charge in [-0.3, -0.25) is 9.97 Å². The highest BCUT2D eigenvalue weighted by Gasteiger charge is 2.41. The molecule has 4 rings (SSSR count). The van der Waals surface area contributed by atoms with Crippen molar-refractivity contribution in [2.24, 2.45) is 0 Å². The molecule has 0 spiro atoms. The Labute approximate surface area is 204 Å². The monoisotopic (exact) mass is 534 g/mol. The molecule has 0 amide bonds. The van der Waals surface area contributed by atoms with Crippen LogP contribution in [0.25, 0.3) is 22.8 Å². The highest BCUT2D eigenvalue weighted by molar-refractivity contribution is 5.63. The normalized spacial score (nSPS) is 12.3. The predicted octanol–water partition coefficient (Wildman–Crippen LogP) is 8.14. The summed E-state index contributed by atoms with van der Waals surface area (Å²) >= 11 is 0. The third-order valence-electron chi connectivity index (χ3n) is 5.03. The van der Waals surface area contributed by atoms with Gasteiger partial charge in [0.15, 0.2) is 0 Å². The molecule has 4 aromatic heterocycles. The third kappa shape index (κ3) is 6.71. The maximum atomic E-state index is 12.8. The van der Waals surface area contributed by atoms with Crippen LogP contribution in [0.5, 0.6) is 0 Å². The van der Waals surface area contributed by atoms with Gasteiger partial charge < -0.3 is 9.97 Å². The number of hydrogen-bond donors (Lipinski definition) is 2. The topological polar surface area (TPSA) is 57.4 Å². The van der Waals surface area contributed by atoms with Crippen molar-refractivity contribution in [1.29, 1.82) is 0 Å². The van der Waals surface area contributed by atoms with Crippen molar-refractivity contribution in [1.82, 2.24) is 19.9 Å². The summed E-state index contributed by atoms with van der Waals surface area (Å²) in [7, 11) is 0. The van der Waals surface area contributed by atoms with E-state index in [1.807, 2.05) is 6.92 Å². The number of alkyl halides is 9. The van der Waals surface area contributed by atoms with E-state index in [0.29, 0.717) is 17.0 Å². The van der Waals surface area contributed by atoms with Gasteiger partial charge in [0.25, 0.3) is 0 Å². The van der Waals surface area contributed by atoms with E-state index in [9.17, 15) is 39.5 Å². The van der Waals surface area contributed by atoms with Crippen molar-refractivity contribution in [3.05, 3.63) is 82.4 Å². The fourth-order valence-corrected chi connectivity index (χ4v) is 3.39. The van der Waals surface area contributed by atoms with E-state index in [-0.39, 0.29) is 17.5 Å². The smallest absolute Gasteiger partial charge is 0.357 e. The SMILES string of the molecule is Cc1ccnc(-c2[nH]c(C(F)(F)F)cc2C(F)(F)F)c1.Cc1ccnc(-c2[nH]c(C)cc2C(F)(F)F)c1. The van der Waals surface area contributed by atoms with Gasteiger partial charge in [0.05, 0.1) is 33.9 Å². The van der Waals surface area contributed by atoms with Gasteiger partial charge in [-0.15, -0.1) is 0 Å². The molecule has 0 fully saturated rings. The van der Waals surface area contributed by atoms with Crippen LogP contribution in [0.1, 0.15) is 33.6 Å². The van der Waals surface area contributed by atoms with E-state index in [2.05, 4.69) is 15.0 Å². The zero-order valence-electron chi connectivity index (χ0n) is 19.4. The van der Waals surface area contributed by atoms with E-state index >= 15 is 0 Å². The molecule has 0 saturated carbocycles. The Bertz CT molecular complexity index is 1380. The Morgan fingerprint density at radius 1 is 0.568 bits per heavy atom. The van der Waals surface area contributed by atoms with Gasteiger partial charge >= 0.3 is 18.5 Å². The van der Waals surface area contributed by atoms with Crippen LogP contribution in [0, 0.1) is 20.8 Å². The Kier molecular flexibility index (Phi) is 7.47. The molecule has 0 aliphatic carbocycles. The standard InChI is InChI=1S/C12H8F6N2.C12H11F3N2/c1-6-2-3-19-8(4-6)10-7(11(13,14)15)5-9(20-10)12(16,17)18;1-7-3-4-16-10(5-7)11-9(12(13,14)15)6-8(2)17-11/h2-5,20H,1H3;3-6,17H,1-2H3. The number of aromatic nitrogens is 4. The lowest BCUT2D eigenvalue weighted by atomic mass is 10.1. The van der Waals surface area contributed by atoms with Gasteiger partial charge in [-0.05, 0) is 68.3 Å². The molecule has 2 N–H and O–H groups in total. The lowest BCUT2D eigenvalue weighted by Crippen LogP contribution is -2.06. The van der Waals surface area contributed by atoms with Crippen LogP contribution in [-0.2, 0) is 18.5 Å². The number of hydrogen-bond acceptors (Lipinski definition) is 2. The van der Waals surface area contributed by atoms with Crippen molar-refractivity contribution in [2.75, 3.05) is 0 Å². The highest BCUT2D eigenvalue weighted by Crippen LogP contribution is 2.41. The van der Waals surface area contributed by atoms with Gasteiger partial charge in [-0.1, -0.05) is 0 Å². The number of nitrogens with zero attached hydrogens (tertiary/aromatic N) is 2. The van der Waals surface area contributed by atoms with Crippen LogP contribution in [0.3, 0.4) is 0 Å². The molecule has 4 aromatic rings. The first-order valence-electron chi connectivity index (χ1n) is 10.5. The van der Waals surface area contributed by atoms with Crippen LogP contribution in [0.2, 0.25) is 0 Å². The van der Waals surface area contributed by atoms with Crippen molar-refractivity contribution < 1.29 is 39.5 Å². The quantitative estimate of drug-likeness (QED) is 0.255. The lowest BCUT2D eigenvalue weighted by Gasteiger charge is -2.07. The number of pyridine rings is 2. The number of rotatable bonds is 2. The lowest BCUT2D eigenvalue weighted by molar-refractivity contribution is -0.142. The molecular formula is C24H19F9N4. The summed E-state index contributed by atoms with van der Waals surface area (Å²) in [6.07, 6.45) is -11.4. The van der Waals surface area contributed by atoms with Crippen LogP contribution in [0.15, 0.2) is 48.8 Å². The molecule has 0 unspecified atom stereocenters. The zero-order chi connectivity index (χ0) is 27.8. The minimum atomic E-state index is -4.90. The third-order valence-corrected chi connectivity index (χ3v) is 5.03. The molecule has 0 atom stereocenters. The molecule has 13 heteroatoms. The van der Waals surface area contributed by atoms with Crippen molar-refractivity contribution in [2.45, 2.75) is 39.3 Å². The van der Waals surface area contributed by atoms with Gasteiger partial charge in [0.1, 0.15) is 5.69 Å². The minimum absolute atomic E-state index is 0.0266. The minimum Gasteiger partial charge on any atom is -0.357 e. The van der Waals surface area contributed by atoms with E-state index in [4.69, 9.17) is 0 Å². The number of H-pyrrole nitrogens is 2. The molecule has 0 aromatic carbocycles. The van der Waals surface area contributed by atoms with Gasteiger partial charge in [0.2, 0.25) is 0 Å². The first-order valence-corrected chi connectivity index (χ1v) is 10.5. The number of aromatic amines is 2. The maximum Gasteiger partial charge on any atom is 0.431 e. The second-order valence-corrected chi connectivity index (χ2v) is 8.14. The largest absolute Gasteiger partial charge is 0.431 e. The fourth-order valence-electron chi connectivity index (χ4n) is 3.39. The summed E-state index contributed by atoms with van der Waals surface area (Å²) in [6, 6.07) is 7.33. The Morgan fingerprint density at radius 3 is 1.41 bits per heavy atom. The number of aryl methyl sites for hydroxylation is 3. The molecule has 0 aliphatic rings. The Balaban J connectivity index is 0.000000208. The molecule has 4 heterocycles. The van der Waals surface area contributed by atoms with Gasteiger partial charge in [0, 0.05) is 18.1 Å². The Hall–Kier alpha value is -3.77. The van der Waals surface area contributed by atoms with Crippen LogP contribution >= 0.6 is 0 Å². The second kappa shape index (κ2) is 9.94. The molecule has 0 radical (unpaired) electrons. The summed E-state index contributed by atoms with van der Waals surface area (Å²) in [5, 5.41) is 0. The summed E-state index contributed by atoms with van der Waals surface area (Å²) in [4.78, 5) is 12.1. The molecule has 0 bridgehead atoms. The number of nitrogens with one attached hydrogen (secondary N) is 2. The summed E-state index contributed by atoms with van der Waals surface area (Å²) in [6.45, 7) is 5.01. The second-order valence-electron chi connectivity index (χ2n) is 8.14.